The molecule has 2 rings (SSSR count). The number of nitrogens with one attached hydrogen (secondary N) is 1. The van der Waals surface area contributed by atoms with Crippen LogP contribution in [0.2, 0.25) is 5.02 Å². The summed E-state index contributed by atoms with van der Waals surface area (Å²) in [5.41, 5.74) is 4.06. The molecule has 1 aromatic heterocycles. The molecular formula is C15H21ClN2. The van der Waals surface area contributed by atoms with E-state index < -0.39 is 0 Å². The first-order chi connectivity index (χ1) is 8.65. The van der Waals surface area contributed by atoms with Crippen molar-refractivity contribution in [2.45, 2.75) is 26.7 Å². The molecule has 0 bridgehead atoms. The maximum Gasteiger partial charge on any atom is 0.0483 e. The summed E-state index contributed by atoms with van der Waals surface area (Å²) in [7, 11) is 2.12. The third kappa shape index (κ3) is 2.55. The minimum atomic E-state index is 0.820. The van der Waals surface area contributed by atoms with Gasteiger partial charge >= 0.3 is 0 Å². The largest absolute Gasteiger partial charge is 0.348 e. The van der Waals surface area contributed by atoms with Gasteiger partial charge in [-0.25, -0.2) is 0 Å². The van der Waals surface area contributed by atoms with Gasteiger partial charge in [0.25, 0.3) is 0 Å². The zero-order valence-electron chi connectivity index (χ0n) is 11.4. The molecule has 0 aliphatic heterocycles. The Bertz CT molecular complexity index is 543. The topological polar surface area (TPSA) is 17.0 Å². The first-order valence-corrected chi connectivity index (χ1v) is 6.97. The van der Waals surface area contributed by atoms with Gasteiger partial charge in [0.05, 0.1) is 0 Å². The maximum atomic E-state index is 6.11. The van der Waals surface area contributed by atoms with Crippen molar-refractivity contribution in [3.63, 3.8) is 0 Å². The maximum absolute atomic E-state index is 6.11. The fourth-order valence-corrected chi connectivity index (χ4v) is 2.68. The quantitative estimate of drug-likeness (QED) is 0.815. The molecule has 1 heterocycles. The summed E-state index contributed by atoms with van der Waals surface area (Å²) in [6.45, 7) is 6.45. The lowest BCUT2D eigenvalue weighted by atomic mass is 10.1. The van der Waals surface area contributed by atoms with Crippen LogP contribution in [-0.2, 0) is 13.5 Å². The molecule has 0 spiro atoms. The van der Waals surface area contributed by atoms with Crippen LogP contribution in [0.3, 0.4) is 0 Å². The van der Waals surface area contributed by atoms with E-state index in [2.05, 4.69) is 42.9 Å². The monoisotopic (exact) mass is 264 g/mol. The van der Waals surface area contributed by atoms with Crippen molar-refractivity contribution in [2.24, 2.45) is 7.05 Å². The van der Waals surface area contributed by atoms with Gasteiger partial charge in [-0.05, 0) is 56.6 Å². The summed E-state index contributed by atoms with van der Waals surface area (Å²) in [4.78, 5) is 0. The molecule has 1 N–H and O–H groups in total. The standard InChI is InChI=1S/C15H21ClN2/c1-4-17-9-5-6-13-11(2)18(3)15-8-7-12(16)10-14(13)15/h7-8,10,17H,4-6,9H2,1-3H3. The van der Waals surface area contributed by atoms with Gasteiger partial charge in [0, 0.05) is 28.7 Å². The predicted molar refractivity (Wildman–Crippen MR) is 79.5 cm³/mol. The predicted octanol–water partition coefficient (Wildman–Crippen LogP) is 3.68. The van der Waals surface area contributed by atoms with Gasteiger partial charge in [0.15, 0.2) is 0 Å². The van der Waals surface area contributed by atoms with Crippen molar-refractivity contribution in [1.29, 1.82) is 0 Å². The molecule has 0 amide bonds. The number of fused-ring (bicyclic) bond motifs is 1. The molecule has 0 aliphatic carbocycles. The van der Waals surface area contributed by atoms with Crippen LogP contribution in [0.4, 0.5) is 0 Å². The summed E-state index contributed by atoms with van der Waals surface area (Å²) in [6.07, 6.45) is 2.27. The number of rotatable bonds is 5. The van der Waals surface area contributed by atoms with Crippen LogP contribution in [-0.4, -0.2) is 17.7 Å². The van der Waals surface area contributed by atoms with Gasteiger partial charge in [-0.1, -0.05) is 18.5 Å². The highest BCUT2D eigenvalue weighted by Gasteiger charge is 2.11. The van der Waals surface area contributed by atoms with E-state index in [-0.39, 0.29) is 0 Å². The van der Waals surface area contributed by atoms with Crippen LogP contribution in [0, 0.1) is 6.92 Å². The highest BCUT2D eigenvalue weighted by Crippen LogP contribution is 2.28. The van der Waals surface area contributed by atoms with Crippen molar-refractivity contribution in [1.82, 2.24) is 9.88 Å². The number of hydrogen-bond donors (Lipinski definition) is 1. The molecule has 3 heteroatoms. The number of hydrogen-bond acceptors (Lipinski definition) is 1. The van der Waals surface area contributed by atoms with E-state index in [1.54, 1.807) is 0 Å². The lowest BCUT2D eigenvalue weighted by molar-refractivity contribution is 0.671. The van der Waals surface area contributed by atoms with Crippen LogP contribution in [0.15, 0.2) is 18.2 Å². The van der Waals surface area contributed by atoms with Gasteiger partial charge in [-0.15, -0.1) is 0 Å². The highest BCUT2D eigenvalue weighted by molar-refractivity contribution is 6.31. The Morgan fingerprint density at radius 2 is 2.11 bits per heavy atom. The molecule has 18 heavy (non-hydrogen) atoms. The summed E-state index contributed by atoms with van der Waals surface area (Å²) in [6, 6.07) is 6.16. The molecule has 0 aliphatic rings. The van der Waals surface area contributed by atoms with Crippen molar-refractivity contribution in [2.75, 3.05) is 13.1 Å². The third-order valence-electron chi connectivity index (χ3n) is 3.62. The minimum Gasteiger partial charge on any atom is -0.348 e. The van der Waals surface area contributed by atoms with Crippen molar-refractivity contribution in [3.8, 4) is 0 Å². The van der Waals surface area contributed by atoms with Crippen LogP contribution in [0.25, 0.3) is 10.9 Å². The average Bonchev–Trinajstić information content (AvgIpc) is 2.59. The van der Waals surface area contributed by atoms with Gasteiger partial charge in [0.1, 0.15) is 0 Å². The van der Waals surface area contributed by atoms with E-state index in [0.717, 1.165) is 24.5 Å². The number of nitrogens with zero attached hydrogens (tertiary/aromatic N) is 1. The number of aromatic nitrogens is 1. The van der Waals surface area contributed by atoms with Crippen LogP contribution in [0.1, 0.15) is 24.6 Å². The number of aryl methyl sites for hydroxylation is 2. The Labute approximate surface area is 114 Å². The average molecular weight is 265 g/mol. The fourth-order valence-electron chi connectivity index (χ4n) is 2.50. The van der Waals surface area contributed by atoms with Gasteiger partial charge in [-0.2, -0.15) is 0 Å². The summed E-state index contributed by atoms with van der Waals surface area (Å²) in [5.74, 6) is 0. The van der Waals surface area contributed by atoms with E-state index in [1.165, 1.54) is 28.6 Å². The second-order valence-electron chi connectivity index (χ2n) is 4.74. The van der Waals surface area contributed by atoms with Gasteiger partial charge in [0.2, 0.25) is 0 Å². The third-order valence-corrected chi connectivity index (χ3v) is 3.85. The highest BCUT2D eigenvalue weighted by atomic mass is 35.5. The molecule has 0 unspecified atom stereocenters. The van der Waals surface area contributed by atoms with Crippen molar-refractivity contribution >= 4 is 22.5 Å². The fraction of sp³-hybridized carbons (Fsp3) is 0.467. The van der Waals surface area contributed by atoms with E-state index in [1.807, 2.05) is 6.07 Å². The molecular weight excluding hydrogens is 244 g/mol. The second-order valence-corrected chi connectivity index (χ2v) is 5.18. The molecule has 2 nitrogen and oxygen atoms in total. The van der Waals surface area contributed by atoms with Crippen LogP contribution in [0.5, 0.6) is 0 Å². The number of halogens is 1. The lowest BCUT2D eigenvalue weighted by Gasteiger charge is -2.03. The first-order valence-electron chi connectivity index (χ1n) is 6.59. The molecule has 0 atom stereocenters. The smallest absolute Gasteiger partial charge is 0.0483 e. The summed E-state index contributed by atoms with van der Waals surface area (Å²) in [5, 5.41) is 5.50. The Hall–Kier alpha value is -0.990. The molecule has 98 valence electrons. The van der Waals surface area contributed by atoms with E-state index in [4.69, 9.17) is 11.6 Å². The van der Waals surface area contributed by atoms with E-state index in [9.17, 15) is 0 Å². The molecule has 0 radical (unpaired) electrons. The van der Waals surface area contributed by atoms with Crippen molar-refractivity contribution < 1.29 is 0 Å². The Morgan fingerprint density at radius 1 is 1.33 bits per heavy atom. The lowest BCUT2D eigenvalue weighted by Crippen LogP contribution is -2.14. The minimum absolute atomic E-state index is 0.820. The van der Waals surface area contributed by atoms with Crippen molar-refractivity contribution in [3.05, 3.63) is 34.5 Å². The molecule has 2 aromatic rings. The Balaban J connectivity index is 2.30. The van der Waals surface area contributed by atoms with Gasteiger partial charge in [-0.3, -0.25) is 0 Å². The molecule has 1 aromatic carbocycles. The van der Waals surface area contributed by atoms with Crippen LogP contribution >= 0.6 is 11.6 Å². The van der Waals surface area contributed by atoms with E-state index >= 15 is 0 Å². The van der Waals surface area contributed by atoms with Gasteiger partial charge < -0.3 is 9.88 Å². The number of benzene rings is 1. The molecule has 0 saturated carbocycles. The summed E-state index contributed by atoms with van der Waals surface area (Å²) >= 11 is 6.11. The van der Waals surface area contributed by atoms with E-state index in [0.29, 0.717) is 0 Å². The first kappa shape index (κ1) is 13.4. The molecule has 0 fully saturated rings. The van der Waals surface area contributed by atoms with Crippen LogP contribution < -0.4 is 5.32 Å². The Morgan fingerprint density at radius 3 is 2.83 bits per heavy atom. The zero-order chi connectivity index (χ0) is 13.1. The zero-order valence-corrected chi connectivity index (χ0v) is 12.1. The SMILES string of the molecule is CCNCCCc1c(C)n(C)c2ccc(Cl)cc12. The summed E-state index contributed by atoms with van der Waals surface area (Å²) < 4.78 is 2.26. The molecule has 0 saturated heterocycles. The second kappa shape index (κ2) is 5.77. The normalized spacial score (nSPS) is 11.3. The Kier molecular flexibility index (Phi) is 4.31.